The minimum atomic E-state index is -1.15. The lowest BCUT2D eigenvalue weighted by molar-refractivity contribution is -0.140. The lowest BCUT2D eigenvalue weighted by atomic mass is 10.2. The van der Waals surface area contributed by atoms with Crippen LogP contribution in [0.1, 0.15) is 35.3 Å². The second-order valence-electron chi connectivity index (χ2n) is 4.42. The number of aliphatic carboxylic acids is 1. The van der Waals surface area contributed by atoms with Gasteiger partial charge in [0.25, 0.3) is 5.91 Å². The molecule has 0 spiro atoms. The quantitative estimate of drug-likeness (QED) is 0.563. The molecule has 0 saturated heterocycles. The van der Waals surface area contributed by atoms with Gasteiger partial charge in [-0.25, -0.2) is 9.78 Å². The Morgan fingerprint density at radius 3 is 2.80 bits per heavy atom. The number of rotatable bonds is 8. The highest BCUT2D eigenvalue weighted by atomic mass is 32.1. The van der Waals surface area contributed by atoms with E-state index in [0.29, 0.717) is 0 Å². The van der Waals surface area contributed by atoms with Crippen molar-refractivity contribution in [3.05, 3.63) is 28.7 Å². The number of hydrogen-bond acceptors (Lipinski definition) is 5. The van der Waals surface area contributed by atoms with E-state index in [-0.39, 0.29) is 24.8 Å². The average molecular weight is 298 g/mol. The van der Waals surface area contributed by atoms with Gasteiger partial charge in [-0.05, 0) is 0 Å². The summed E-state index contributed by atoms with van der Waals surface area (Å²) in [6, 6.07) is -1.10. The summed E-state index contributed by atoms with van der Waals surface area (Å²) >= 11 is 1.38. The van der Waals surface area contributed by atoms with E-state index >= 15 is 0 Å². The van der Waals surface area contributed by atoms with Crippen molar-refractivity contribution in [3.63, 3.8) is 0 Å². The van der Waals surface area contributed by atoms with Crippen LogP contribution in [0.3, 0.4) is 0 Å². The summed E-state index contributed by atoms with van der Waals surface area (Å²) < 4.78 is 5.06. The summed E-state index contributed by atoms with van der Waals surface area (Å²) in [6.45, 7) is 7.53. The molecule has 0 aliphatic rings. The van der Waals surface area contributed by atoms with Gasteiger partial charge in [-0.3, -0.25) is 4.79 Å². The fourth-order valence-corrected chi connectivity index (χ4v) is 2.15. The molecular weight excluding hydrogens is 280 g/mol. The molecule has 1 heterocycles. The van der Waals surface area contributed by atoms with E-state index < -0.39 is 17.9 Å². The highest BCUT2D eigenvalue weighted by Crippen LogP contribution is 2.19. The van der Waals surface area contributed by atoms with E-state index in [4.69, 9.17) is 9.84 Å². The summed E-state index contributed by atoms with van der Waals surface area (Å²) in [5, 5.41) is 13.9. The van der Waals surface area contributed by atoms with Crippen LogP contribution in [0.15, 0.2) is 18.0 Å². The van der Waals surface area contributed by atoms with Crippen molar-refractivity contribution in [2.75, 3.05) is 13.2 Å². The predicted molar refractivity (Wildman–Crippen MR) is 76.1 cm³/mol. The molecular formula is C13H18N2O4S. The molecule has 0 fully saturated rings. The Morgan fingerprint density at radius 2 is 2.30 bits per heavy atom. The van der Waals surface area contributed by atoms with Gasteiger partial charge in [0.2, 0.25) is 0 Å². The SMILES string of the molecule is C=CCOCC(NC(=O)c1csc(C(C)C)n1)C(=O)O. The van der Waals surface area contributed by atoms with Crippen LogP contribution in [0, 0.1) is 0 Å². The van der Waals surface area contributed by atoms with E-state index in [0.717, 1.165) is 5.01 Å². The summed E-state index contributed by atoms with van der Waals surface area (Å²) in [7, 11) is 0. The molecule has 6 nitrogen and oxygen atoms in total. The van der Waals surface area contributed by atoms with Crippen LogP contribution in [-0.2, 0) is 9.53 Å². The number of nitrogens with zero attached hydrogens (tertiary/aromatic N) is 1. The molecule has 110 valence electrons. The molecule has 1 aromatic rings. The second-order valence-corrected chi connectivity index (χ2v) is 5.31. The average Bonchev–Trinajstić information content (AvgIpc) is 2.87. The first-order chi connectivity index (χ1) is 9.45. The minimum Gasteiger partial charge on any atom is -0.480 e. The van der Waals surface area contributed by atoms with Crippen LogP contribution in [0.25, 0.3) is 0 Å². The number of thiazole rings is 1. The Labute approximate surface area is 121 Å². The molecule has 1 atom stereocenters. The maximum Gasteiger partial charge on any atom is 0.328 e. The zero-order valence-electron chi connectivity index (χ0n) is 11.5. The highest BCUT2D eigenvalue weighted by Gasteiger charge is 2.22. The van der Waals surface area contributed by atoms with Gasteiger partial charge < -0.3 is 15.2 Å². The Bertz CT molecular complexity index is 484. The molecule has 0 saturated carbocycles. The molecule has 0 bridgehead atoms. The third kappa shape index (κ3) is 4.75. The first-order valence-electron chi connectivity index (χ1n) is 6.13. The Morgan fingerprint density at radius 1 is 1.60 bits per heavy atom. The summed E-state index contributed by atoms with van der Waals surface area (Å²) in [5.41, 5.74) is 0.230. The van der Waals surface area contributed by atoms with Crippen LogP contribution >= 0.6 is 11.3 Å². The van der Waals surface area contributed by atoms with Crippen molar-refractivity contribution in [2.45, 2.75) is 25.8 Å². The molecule has 1 rings (SSSR count). The monoisotopic (exact) mass is 298 g/mol. The first-order valence-corrected chi connectivity index (χ1v) is 7.01. The number of carbonyl (C=O) groups excluding carboxylic acids is 1. The summed E-state index contributed by atoms with van der Waals surface area (Å²) in [6.07, 6.45) is 1.51. The van der Waals surface area contributed by atoms with Gasteiger partial charge in [-0.15, -0.1) is 17.9 Å². The number of carboxylic acid groups (broad SMARTS) is 1. The normalized spacial score (nSPS) is 12.2. The largest absolute Gasteiger partial charge is 0.480 e. The van der Waals surface area contributed by atoms with Gasteiger partial charge in [0.1, 0.15) is 5.69 Å². The number of aromatic nitrogens is 1. The minimum absolute atomic E-state index is 0.117. The number of hydrogen-bond donors (Lipinski definition) is 2. The summed E-state index contributed by atoms with van der Waals surface area (Å²) in [5.74, 6) is -1.43. The van der Waals surface area contributed by atoms with E-state index in [1.54, 1.807) is 5.38 Å². The lowest BCUT2D eigenvalue weighted by Crippen LogP contribution is -2.44. The molecule has 7 heteroatoms. The molecule has 1 aromatic heterocycles. The van der Waals surface area contributed by atoms with E-state index in [1.165, 1.54) is 17.4 Å². The van der Waals surface area contributed by atoms with Gasteiger partial charge >= 0.3 is 5.97 Å². The zero-order chi connectivity index (χ0) is 15.1. The topological polar surface area (TPSA) is 88.5 Å². The molecule has 20 heavy (non-hydrogen) atoms. The fraction of sp³-hybridized carbons (Fsp3) is 0.462. The molecule has 0 aromatic carbocycles. The van der Waals surface area contributed by atoms with E-state index in [1.807, 2.05) is 13.8 Å². The standard InChI is InChI=1S/C13H18N2O4S/c1-4-5-19-6-9(13(17)18)14-11(16)10-7-20-12(15-10)8(2)3/h4,7-9H,1,5-6H2,2-3H3,(H,14,16)(H,17,18). The van der Waals surface area contributed by atoms with Crippen LogP contribution in [-0.4, -0.2) is 41.2 Å². The third-order valence-electron chi connectivity index (χ3n) is 2.37. The number of amides is 1. The van der Waals surface area contributed by atoms with Gasteiger partial charge in [0, 0.05) is 11.3 Å². The maximum absolute atomic E-state index is 11.9. The Hall–Kier alpha value is -1.73. The van der Waals surface area contributed by atoms with E-state index in [9.17, 15) is 9.59 Å². The number of carbonyl (C=O) groups is 2. The third-order valence-corrected chi connectivity index (χ3v) is 3.52. The van der Waals surface area contributed by atoms with Gasteiger partial charge in [0.15, 0.2) is 6.04 Å². The number of ether oxygens (including phenoxy) is 1. The van der Waals surface area contributed by atoms with Crippen LogP contribution in [0.2, 0.25) is 0 Å². The van der Waals surface area contributed by atoms with Crippen molar-refractivity contribution in [1.29, 1.82) is 0 Å². The first kappa shape index (κ1) is 16.3. The van der Waals surface area contributed by atoms with Crippen LogP contribution < -0.4 is 5.32 Å². The fourth-order valence-electron chi connectivity index (χ4n) is 1.33. The molecule has 0 aliphatic heterocycles. The number of carboxylic acids is 1. The van der Waals surface area contributed by atoms with E-state index in [2.05, 4.69) is 16.9 Å². The van der Waals surface area contributed by atoms with Crippen LogP contribution in [0.5, 0.6) is 0 Å². The van der Waals surface area contributed by atoms with Crippen molar-refractivity contribution in [2.24, 2.45) is 0 Å². The van der Waals surface area contributed by atoms with Crippen molar-refractivity contribution >= 4 is 23.2 Å². The molecule has 2 N–H and O–H groups in total. The zero-order valence-corrected chi connectivity index (χ0v) is 12.3. The summed E-state index contributed by atoms with van der Waals surface area (Å²) in [4.78, 5) is 27.1. The smallest absolute Gasteiger partial charge is 0.328 e. The maximum atomic E-state index is 11.9. The lowest BCUT2D eigenvalue weighted by Gasteiger charge is -2.13. The second kappa shape index (κ2) is 7.76. The Kier molecular flexibility index (Phi) is 6.33. The molecule has 1 amide bonds. The number of nitrogens with one attached hydrogen (secondary N) is 1. The molecule has 0 radical (unpaired) electrons. The Balaban J connectivity index is 2.64. The van der Waals surface area contributed by atoms with Crippen molar-refractivity contribution in [3.8, 4) is 0 Å². The van der Waals surface area contributed by atoms with Gasteiger partial charge in [-0.1, -0.05) is 19.9 Å². The molecule has 1 unspecified atom stereocenters. The van der Waals surface area contributed by atoms with Gasteiger partial charge in [0.05, 0.1) is 18.2 Å². The highest BCUT2D eigenvalue weighted by molar-refractivity contribution is 7.09. The van der Waals surface area contributed by atoms with Crippen LogP contribution in [0.4, 0.5) is 0 Å². The molecule has 0 aliphatic carbocycles. The predicted octanol–water partition coefficient (Wildman–Crippen LogP) is 1.65. The van der Waals surface area contributed by atoms with Gasteiger partial charge in [-0.2, -0.15) is 0 Å². The van der Waals surface area contributed by atoms with Crippen molar-refractivity contribution < 1.29 is 19.4 Å². The van der Waals surface area contributed by atoms with Crippen molar-refractivity contribution in [1.82, 2.24) is 10.3 Å².